The molecule has 0 aliphatic rings. The van der Waals surface area contributed by atoms with E-state index in [1.165, 1.54) is 37.8 Å². The smallest absolute Gasteiger partial charge is 0.187 e. The summed E-state index contributed by atoms with van der Waals surface area (Å²) in [5.74, 6) is -0.527. The van der Waals surface area contributed by atoms with Gasteiger partial charge in [0.15, 0.2) is 17.3 Å². The zero-order valence-corrected chi connectivity index (χ0v) is 9.76. The first kappa shape index (κ1) is 12.2. The van der Waals surface area contributed by atoms with Crippen molar-refractivity contribution >= 4 is 5.78 Å². The predicted octanol–water partition coefficient (Wildman–Crippen LogP) is 2.05. The quantitative estimate of drug-likeness (QED) is 0.775. The first-order valence-corrected chi connectivity index (χ1v) is 5.32. The fourth-order valence-corrected chi connectivity index (χ4v) is 1.54. The SMILES string of the molecule is COc1ccc(CC(=O)c2cnccn2)cc1F. The lowest BCUT2D eigenvalue weighted by Crippen LogP contribution is -2.06. The van der Waals surface area contributed by atoms with Gasteiger partial charge in [0.1, 0.15) is 5.69 Å². The normalized spacial score (nSPS) is 10.1. The molecule has 0 bridgehead atoms. The maximum absolute atomic E-state index is 13.4. The van der Waals surface area contributed by atoms with Crippen LogP contribution in [0.5, 0.6) is 5.75 Å². The van der Waals surface area contributed by atoms with Crippen molar-refractivity contribution in [3.63, 3.8) is 0 Å². The molecule has 0 atom stereocenters. The van der Waals surface area contributed by atoms with Crippen molar-refractivity contribution in [1.29, 1.82) is 0 Å². The molecular weight excluding hydrogens is 235 g/mol. The summed E-state index contributed by atoms with van der Waals surface area (Å²) in [7, 11) is 1.39. The average Bonchev–Trinajstić information content (AvgIpc) is 2.40. The van der Waals surface area contributed by atoms with Gasteiger partial charge in [-0.15, -0.1) is 0 Å². The van der Waals surface area contributed by atoms with Crippen LogP contribution in [-0.2, 0) is 6.42 Å². The minimum atomic E-state index is -0.484. The maximum atomic E-state index is 13.4. The number of ketones is 1. The van der Waals surface area contributed by atoms with Crippen LogP contribution in [-0.4, -0.2) is 22.9 Å². The summed E-state index contributed by atoms with van der Waals surface area (Å²) in [6, 6.07) is 4.43. The number of hydrogen-bond donors (Lipinski definition) is 0. The molecule has 0 radical (unpaired) electrons. The molecule has 0 aliphatic heterocycles. The lowest BCUT2D eigenvalue weighted by atomic mass is 10.1. The van der Waals surface area contributed by atoms with E-state index >= 15 is 0 Å². The van der Waals surface area contributed by atoms with Crippen LogP contribution >= 0.6 is 0 Å². The van der Waals surface area contributed by atoms with Gasteiger partial charge in [-0.05, 0) is 17.7 Å². The van der Waals surface area contributed by atoms with Crippen LogP contribution in [0.4, 0.5) is 4.39 Å². The molecule has 0 N–H and O–H groups in total. The lowest BCUT2D eigenvalue weighted by molar-refractivity contribution is 0.0987. The standard InChI is InChI=1S/C13H11FN2O2/c1-18-13-3-2-9(6-10(13)14)7-12(17)11-8-15-4-5-16-11/h2-6,8H,7H2,1H3. The molecule has 4 nitrogen and oxygen atoms in total. The molecule has 0 amide bonds. The third-order valence-electron chi connectivity index (χ3n) is 2.43. The van der Waals surface area contributed by atoms with Gasteiger partial charge < -0.3 is 4.74 Å². The van der Waals surface area contributed by atoms with Crippen LogP contribution in [0.25, 0.3) is 0 Å². The monoisotopic (exact) mass is 246 g/mol. The maximum Gasteiger partial charge on any atom is 0.187 e. The number of halogens is 1. The topological polar surface area (TPSA) is 52.1 Å². The van der Waals surface area contributed by atoms with Crippen molar-refractivity contribution in [3.8, 4) is 5.75 Å². The molecule has 2 rings (SSSR count). The van der Waals surface area contributed by atoms with E-state index in [0.717, 1.165) is 0 Å². The number of carbonyl (C=O) groups excluding carboxylic acids is 1. The van der Waals surface area contributed by atoms with Crippen molar-refractivity contribution in [2.24, 2.45) is 0 Å². The molecule has 0 saturated carbocycles. The largest absolute Gasteiger partial charge is 0.494 e. The Hall–Kier alpha value is -2.30. The number of benzene rings is 1. The highest BCUT2D eigenvalue weighted by atomic mass is 19.1. The summed E-state index contributed by atoms with van der Waals surface area (Å²) >= 11 is 0. The second-order valence-electron chi connectivity index (χ2n) is 3.66. The number of Topliss-reactive ketones (excluding diaryl/α,β-unsaturated/α-hetero) is 1. The second kappa shape index (κ2) is 5.35. The van der Waals surface area contributed by atoms with Crippen LogP contribution in [0.3, 0.4) is 0 Å². The predicted molar refractivity (Wildman–Crippen MR) is 63.0 cm³/mol. The number of methoxy groups -OCH3 is 1. The Balaban J connectivity index is 2.15. The van der Waals surface area contributed by atoms with Gasteiger partial charge in [0.25, 0.3) is 0 Å². The van der Waals surface area contributed by atoms with Gasteiger partial charge in [0, 0.05) is 18.8 Å². The average molecular weight is 246 g/mol. The minimum Gasteiger partial charge on any atom is -0.494 e. The van der Waals surface area contributed by atoms with Crippen molar-refractivity contribution in [3.05, 3.63) is 53.9 Å². The number of aromatic nitrogens is 2. The van der Waals surface area contributed by atoms with E-state index in [0.29, 0.717) is 5.56 Å². The first-order valence-electron chi connectivity index (χ1n) is 5.32. The van der Waals surface area contributed by atoms with E-state index in [4.69, 9.17) is 4.74 Å². The molecule has 0 aliphatic carbocycles. The van der Waals surface area contributed by atoms with Gasteiger partial charge in [0.2, 0.25) is 0 Å². The Bertz CT molecular complexity index is 558. The Kier molecular flexibility index (Phi) is 3.62. The molecule has 1 heterocycles. The Morgan fingerprint density at radius 1 is 1.39 bits per heavy atom. The van der Waals surface area contributed by atoms with Crippen molar-refractivity contribution < 1.29 is 13.9 Å². The van der Waals surface area contributed by atoms with Crippen molar-refractivity contribution in [1.82, 2.24) is 9.97 Å². The number of nitrogens with zero attached hydrogens (tertiary/aromatic N) is 2. The van der Waals surface area contributed by atoms with Crippen LogP contribution in [0, 0.1) is 5.82 Å². The molecule has 18 heavy (non-hydrogen) atoms. The molecule has 1 aromatic carbocycles. The number of hydrogen-bond acceptors (Lipinski definition) is 4. The Labute approximate surface area is 103 Å². The summed E-state index contributed by atoms with van der Waals surface area (Å²) in [4.78, 5) is 19.5. The van der Waals surface area contributed by atoms with E-state index in [1.54, 1.807) is 6.07 Å². The molecular formula is C13H11FN2O2. The zero-order chi connectivity index (χ0) is 13.0. The van der Waals surface area contributed by atoms with Crippen molar-refractivity contribution in [2.75, 3.05) is 7.11 Å². The van der Waals surface area contributed by atoms with Crippen LogP contribution in [0.15, 0.2) is 36.8 Å². The van der Waals surface area contributed by atoms with Crippen LogP contribution in [0.1, 0.15) is 16.1 Å². The molecule has 0 spiro atoms. The van der Waals surface area contributed by atoms with Gasteiger partial charge in [0.05, 0.1) is 13.3 Å². The van der Waals surface area contributed by atoms with Gasteiger partial charge in [-0.2, -0.15) is 0 Å². The molecule has 0 unspecified atom stereocenters. The number of carbonyl (C=O) groups is 1. The third-order valence-corrected chi connectivity index (χ3v) is 2.43. The highest BCUT2D eigenvalue weighted by Gasteiger charge is 2.10. The molecule has 1 aromatic heterocycles. The summed E-state index contributed by atoms with van der Waals surface area (Å²) in [5.41, 5.74) is 0.845. The summed E-state index contributed by atoms with van der Waals surface area (Å²) in [6.07, 6.45) is 4.41. The fourth-order valence-electron chi connectivity index (χ4n) is 1.54. The van der Waals surface area contributed by atoms with Crippen LogP contribution < -0.4 is 4.74 Å². The fraction of sp³-hybridized carbons (Fsp3) is 0.154. The zero-order valence-electron chi connectivity index (χ0n) is 9.76. The molecule has 0 fully saturated rings. The van der Waals surface area contributed by atoms with E-state index < -0.39 is 5.82 Å². The van der Waals surface area contributed by atoms with Gasteiger partial charge in [-0.25, -0.2) is 9.37 Å². The highest BCUT2D eigenvalue weighted by molar-refractivity contribution is 5.95. The number of ether oxygens (including phenoxy) is 1. The second-order valence-corrected chi connectivity index (χ2v) is 3.66. The number of rotatable bonds is 4. The third kappa shape index (κ3) is 2.68. The van der Waals surface area contributed by atoms with Gasteiger partial charge in [-0.3, -0.25) is 9.78 Å². The van der Waals surface area contributed by atoms with E-state index in [1.807, 2.05) is 0 Å². The Morgan fingerprint density at radius 2 is 2.22 bits per heavy atom. The molecule has 0 saturated heterocycles. The van der Waals surface area contributed by atoms with Crippen molar-refractivity contribution in [2.45, 2.75) is 6.42 Å². The molecule has 2 aromatic rings. The summed E-state index contributed by atoms with van der Waals surface area (Å²) in [6.45, 7) is 0. The van der Waals surface area contributed by atoms with E-state index in [-0.39, 0.29) is 23.6 Å². The highest BCUT2D eigenvalue weighted by Crippen LogP contribution is 2.18. The summed E-state index contributed by atoms with van der Waals surface area (Å²) < 4.78 is 18.2. The van der Waals surface area contributed by atoms with E-state index in [2.05, 4.69) is 9.97 Å². The molecule has 92 valence electrons. The molecule has 5 heteroatoms. The first-order chi connectivity index (χ1) is 8.70. The lowest BCUT2D eigenvalue weighted by Gasteiger charge is -2.04. The van der Waals surface area contributed by atoms with Gasteiger partial charge >= 0.3 is 0 Å². The summed E-state index contributed by atoms with van der Waals surface area (Å²) in [5, 5.41) is 0. The minimum absolute atomic E-state index is 0.0829. The van der Waals surface area contributed by atoms with Crippen LogP contribution in [0.2, 0.25) is 0 Å². The Morgan fingerprint density at radius 3 is 2.83 bits per heavy atom. The van der Waals surface area contributed by atoms with Gasteiger partial charge in [-0.1, -0.05) is 6.07 Å². The van der Waals surface area contributed by atoms with E-state index in [9.17, 15) is 9.18 Å².